The van der Waals surface area contributed by atoms with Crippen molar-refractivity contribution in [1.82, 2.24) is 9.88 Å². The molecule has 3 rings (SSSR count). The van der Waals surface area contributed by atoms with Crippen molar-refractivity contribution >= 4 is 34.8 Å². The van der Waals surface area contributed by atoms with Gasteiger partial charge in [-0.2, -0.15) is 0 Å². The molecule has 6 heteroatoms. The van der Waals surface area contributed by atoms with E-state index in [0.29, 0.717) is 29.6 Å². The van der Waals surface area contributed by atoms with Crippen LogP contribution < -0.4 is 4.90 Å². The predicted molar refractivity (Wildman–Crippen MR) is 93.2 cm³/mol. The SMILES string of the molecule is O=C(Cc1ccc(Cl)cc1Cl)N1CCN(c2ccncc2)CC1. The number of rotatable bonds is 3. The Kier molecular flexibility index (Phi) is 5.03. The van der Waals surface area contributed by atoms with Gasteiger partial charge in [0, 0.05) is 54.3 Å². The Balaban J connectivity index is 1.58. The minimum atomic E-state index is 0.101. The number of pyridine rings is 1. The molecule has 1 saturated heterocycles. The van der Waals surface area contributed by atoms with Crippen LogP contribution in [-0.2, 0) is 11.2 Å². The Hall–Kier alpha value is -1.78. The molecule has 2 aromatic rings. The number of nitrogens with zero attached hydrogens (tertiary/aromatic N) is 3. The van der Waals surface area contributed by atoms with Crippen molar-refractivity contribution in [1.29, 1.82) is 0 Å². The first-order valence-corrected chi connectivity index (χ1v) is 8.26. The van der Waals surface area contributed by atoms with Crippen LogP contribution in [0.5, 0.6) is 0 Å². The highest BCUT2D eigenvalue weighted by atomic mass is 35.5. The Morgan fingerprint density at radius 2 is 1.74 bits per heavy atom. The fourth-order valence-electron chi connectivity index (χ4n) is 2.71. The second-order valence-corrected chi connectivity index (χ2v) is 6.33. The van der Waals surface area contributed by atoms with Crippen LogP contribution in [0, 0.1) is 0 Å². The van der Waals surface area contributed by atoms with Crippen LogP contribution in [-0.4, -0.2) is 42.0 Å². The van der Waals surface area contributed by atoms with Crippen molar-refractivity contribution in [3.05, 3.63) is 58.3 Å². The van der Waals surface area contributed by atoms with E-state index in [-0.39, 0.29) is 5.91 Å². The Morgan fingerprint density at radius 3 is 2.39 bits per heavy atom. The number of piperazine rings is 1. The summed E-state index contributed by atoms with van der Waals surface area (Å²) in [6.45, 7) is 3.08. The van der Waals surface area contributed by atoms with E-state index in [2.05, 4.69) is 9.88 Å². The van der Waals surface area contributed by atoms with Gasteiger partial charge in [-0.25, -0.2) is 0 Å². The number of benzene rings is 1. The van der Waals surface area contributed by atoms with Crippen molar-refractivity contribution in [2.75, 3.05) is 31.1 Å². The number of hydrogen-bond acceptors (Lipinski definition) is 3. The zero-order valence-electron chi connectivity index (χ0n) is 12.6. The van der Waals surface area contributed by atoms with Crippen molar-refractivity contribution in [3.8, 4) is 0 Å². The minimum Gasteiger partial charge on any atom is -0.368 e. The van der Waals surface area contributed by atoms with Gasteiger partial charge in [0.1, 0.15) is 0 Å². The third-order valence-electron chi connectivity index (χ3n) is 4.02. The second-order valence-electron chi connectivity index (χ2n) is 5.49. The van der Waals surface area contributed by atoms with Gasteiger partial charge in [-0.1, -0.05) is 29.3 Å². The lowest BCUT2D eigenvalue weighted by Gasteiger charge is -2.36. The average Bonchev–Trinajstić information content (AvgIpc) is 2.58. The van der Waals surface area contributed by atoms with Crippen LogP contribution in [0.3, 0.4) is 0 Å². The number of aromatic nitrogens is 1. The molecule has 2 heterocycles. The van der Waals surface area contributed by atoms with Gasteiger partial charge in [0.2, 0.25) is 5.91 Å². The monoisotopic (exact) mass is 349 g/mol. The molecule has 0 N–H and O–H groups in total. The Morgan fingerprint density at radius 1 is 1.04 bits per heavy atom. The van der Waals surface area contributed by atoms with Crippen LogP contribution in [0.2, 0.25) is 10.0 Å². The van der Waals surface area contributed by atoms with E-state index in [1.54, 1.807) is 24.5 Å². The highest BCUT2D eigenvalue weighted by Gasteiger charge is 2.21. The maximum absolute atomic E-state index is 12.5. The molecule has 0 unspecified atom stereocenters. The molecule has 1 aromatic heterocycles. The molecule has 23 heavy (non-hydrogen) atoms. The van der Waals surface area contributed by atoms with Gasteiger partial charge in [-0.3, -0.25) is 9.78 Å². The summed E-state index contributed by atoms with van der Waals surface area (Å²) in [5, 5.41) is 1.12. The highest BCUT2D eigenvalue weighted by molar-refractivity contribution is 6.35. The Bertz CT molecular complexity index is 685. The summed E-state index contributed by atoms with van der Waals surface area (Å²) in [4.78, 5) is 20.6. The van der Waals surface area contributed by atoms with Gasteiger partial charge < -0.3 is 9.80 Å². The van der Waals surface area contributed by atoms with E-state index in [9.17, 15) is 4.79 Å². The van der Waals surface area contributed by atoms with Gasteiger partial charge in [-0.05, 0) is 29.8 Å². The number of hydrogen-bond donors (Lipinski definition) is 0. The fourth-order valence-corrected chi connectivity index (χ4v) is 3.18. The molecular weight excluding hydrogens is 333 g/mol. The van der Waals surface area contributed by atoms with E-state index in [1.807, 2.05) is 23.1 Å². The predicted octanol–water partition coefficient (Wildman–Crippen LogP) is 3.28. The summed E-state index contributed by atoms with van der Waals surface area (Å²) in [7, 11) is 0. The topological polar surface area (TPSA) is 36.4 Å². The van der Waals surface area contributed by atoms with E-state index < -0.39 is 0 Å². The van der Waals surface area contributed by atoms with Gasteiger partial charge in [-0.15, -0.1) is 0 Å². The van der Waals surface area contributed by atoms with Crippen LogP contribution in [0.15, 0.2) is 42.7 Å². The summed E-state index contributed by atoms with van der Waals surface area (Å²) >= 11 is 12.0. The Labute approximate surface area is 145 Å². The lowest BCUT2D eigenvalue weighted by Crippen LogP contribution is -2.49. The molecule has 0 spiro atoms. The summed E-state index contributed by atoms with van der Waals surface area (Å²) in [6, 6.07) is 9.23. The van der Waals surface area contributed by atoms with Gasteiger partial charge >= 0.3 is 0 Å². The lowest BCUT2D eigenvalue weighted by atomic mass is 10.1. The summed E-state index contributed by atoms with van der Waals surface area (Å²) < 4.78 is 0. The number of amides is 1. The molecule has 120 valence electrons. The third kappa shape index (κ3) is 3.95. The standard InChI is InChI=1S/C17H17Cl2N3O/c18-14-2-1-13(16(19)12-14)11-17(23)22-9-7-21(8-10-22)15-3-5-20-6-4-15/h1-6,12H,7-11H2. The first-order chi connectivity index (χ1) is 11.1. The van der Waals surface area contributed by atoms with Gasteiger partial charge in [0.15, 0.2) is 0 Å². The van der Waals surface area contributed by atoms with Crippen LogP contribution in [0.25, 0.3) is 0 Å². The molecule has 1 aromatic carbocycles. The minimum absolute atomic E-state index is 0.101. The number of carbonyl (C=O) groups excluding carboxylic acids is 1. The molecule has 0 aliphatic carbocycles. The molecule has 0 bridgehead atoms. The first kappa shape index (κ1) is 16.1. The zero-order chi connectivity index (χ0) is 16.2. The normalized spacial score (nSPS) is 14.9. The highest BCUT2D eigenvalue weighted by Crippen LogP contribution is 2.22. The molecule has 1 aliphatic rings. The maximum Gasteiger partial charge on any atom is 0.227 e. The first-order valence-electron chi connectivity index (χ1n) is 7.50. The molecule has 1 fully saturated rings. The van der Waals surface area contributed by atoms with Crippen molar-refractivity contribution in [2.45, 2.75) is 6.42 Å². The van der Waals surface area contributed by atoms with Crippen molar-refractivity contribution in [2.24, 2.45) is 0 Å². The molecule has 0 atom stereocenters. The molecule has 0 saturated carbocycles. The molecular formula is C17H17Cl2N3O. The quantitative estimate of drug-likeness (QED) is 0.853. The van der Waals surface area contributed by atoms with E-state index in [1.165, 1.54) is 0 Å². The number of carbonyl (C=O) groups is 1. The molecule has 0 radical (unpaired) electrons. The summed E-state index contributed by atoms with van der Waals surface area (Å²) in [6.07, 6.45) is 3.88. The zero-order valence-corrected chi connectivity index (χ0v) is 14.1. The van der Waals surface area contributed by atoms with E-state index in [4.69, 9.17) is 23.2 Å². The molecule has 1 amide bonds. The summed E-state index contributed by atoms with van der Waals surface area (Å²) in [5.41, 5.74) is 1.96. The van der Waals surface area contributed by atoms with Crippen molar-refractivity contribution < 1.29 is 4.79 Å². The molecule has 1 aliphatic heterocycles. The lowest BCUT2D eigenvalue weighted by molar-refractivity contribution is -0.130. The number of halogens is 2. The van der Waals surface area contributed by atoms with Gasteiger partial charge in [0.05, 0.1) is 6.42 Å². The second kappa shape index (κ2) is 7.20. The van der Waals surface area contributed by atoms with Crippen molar-refractivity contribution in [3.63, 3.8) is 0 Å². The maximum atomic E-state index is 12.5. The van der Waals surface area contributed by atoms with E-state index >= 15 is 0 Å². The smallest absolute Gasteiger partial charge is 0.227 e. The van der Waals surface area contributed by atoms with Crippen LogP contribution in [0.1, 0.15) is 5.56 Å². The third-order valence-corrected chi connectivity index (χ3v) is 4.60. The van der Waals surface area contributed by atoms with Crippen LogP contribution in [0.4, 0.5) is 5.69 Å². The largest absolute Gasteiger partial charge is 0.368 e. The fraction of sp³-hybridized carbons (Fsp3) is 0.294. The number of anilines is 1. The summed E-state index contributed by atoms with van der Waals surface area (Å²) in [5.74, 6) is 0.101. The van der Waals surface area contributed by atoms with Crippen LogP contribution >= 0.6 is 23.2 Å². The average molecular weight is 350 g/mol. The molecule has 4 nitrogen and oxygen atoms in total. The van der Waals surface area contributed by atoms with E-state index in [0.717, 1.165) is 24.3 Å². The van der Waals surface area contributed by atoms with Gasteiger partial charge in [0.25, 0.3) is 0 Å².